The molecule has 0 aromatic carbocycles. The molecule has 2 aromatic heterocycles. The second-order valence-electron chi connectivity index (χ2n) is 4.35. The van der Waals surface area contributed by atoms with Crippen LogP contribution in [0.4, 0.5) is 0 Å². The normalized spacial score (nSPS) is 18.5. The Labute approximate surface area is 110 Å². The average Bonchev–Trinajstić information content (AvgIpc) is 3.10. The lowest BCUT2D eigenvalue weighted by atomic mass is 10.3. The van der Waals surface area contributed by atoms with Gasteiger partial charge in [0.05, 0.1) is 18.4 Å². The largest absolute Gasteiger partial charge is 0.472 e. The van der Waals surface area contributed by atoms with Crippen molar-refractivity contribution in [1.82, 2.24) is 15.1 Å². The smallest absolute Gasteiger partial charge is 0.257 e. The predicted octanol–water partition coefficient (Wildman–Crippen LogP) is 1.36. The van der Waals surface area contributed by atoms with Gasteiger partial charge < -0.3 is 14.1 Å². The first kappa shape index (κ1) is 11.7. The van der Waals surface area contributed by atoms with Gasteiger partial charge in [0.15, 0.2) is 0 Å². The van der Waals surface area contributed by atoms with Gasteiger partial charge in [0.1, 0.15) is 12.4 Å². The van der Waals surface area contributed by atoms with Crippen LogP contribution >= 0.6 is 0 Å². The van der Waals surface area contributed by atoms with E-state index in [1.165, 1.54) is 12.5 Å². The minimum atomic E-state index is -0.0347. The first-order valence-corrected chi connectivity index (χ1v) is 6.09. The Hall–Kier alpha value is -2.37. The lowest BCUT2D eigenvalue weighted by molar-refractivity contribution is 0.0770. The van der Waals surface area contributed by atoms with Gasteiger partial charge in [-0.3, -0.25) is 4.79 Å². The molecule has 1 aliphatic rings. The lowest BCUT2D eigenvalue weighted by Crippen LogP contribution is -2.30. The number of carbonyl (C=O) groups excluding carboxylic acids is 1. The van der Waals surface area contributed by atoms with E-state index in [1.807, 2.05) is 0 Å². The van der Waals surface area contributed by atoms with Gasteiger partial charge in [-0.15, -0.1) is 5.10 Å². The fourth-order valence-electron chi connectivity index (χ4n) is 2.10. The molecule has 0 N–H and O–H groups in total. The summed E-state index contributed by atoms with van der Waals surface area (Å²) in [7, 11) is 0. The van der Waals surface area contributed by atoms with Crippen molar-refractivity contribution in [2.75, 3.05) is 13.1 Å². The molecule has 3 rings (SSSR count). The van der Waals surface area contributed by atoms with Crippen LogP contribution in [0, 0.1) is 0 Å². The summed E-state index contributed by atoms with van der Waals surface area (Å²) in [5.74, 6) is 0.462. The van der Waals surface area contributed by atoms with E-state index >= 15 is 0 Å². The Morgan fingerprint density at radius 3 is 3.16 bits per heavy atom. The van der Waals surface area contributed by atoms with Crippen molar-refractivity contribution in [2.24, 2.45) is 0 Å². The summed E-state index contributed by atoms with van der Waals surface area (Å²) in [6.07, 6.45) is 5.31. The van der Waals surface area contributed by atoms with E-state index in [-0.39, 0.29) is 12.0 Å². The standard InChI is InChI=1S/C13H13N3O3/c17-13(10-4-7-18-9-10)16-6-3-11(8-16)19-12-2-1-5-14-15-12/h1-2,4-5,7,9,11H,3,6,8H2/t11-/m1/s1. The first-order valence-electron chi connectivity index (χ1n) is 6.09. The Bertz CT molecular complexity index is 542. The number of nitrogens with zero attached hydrogens (tertiary/aromatic N) is 3. The summed E-state index contributed by atoms with van der Waals surface area (Å²) in [6.45, 7) is 1.23. The van der Waals surface area contributed by atoms with Crippen molar-refractivity contribution in [1.29, 1.82) is 0 Å². The van der Waals surface area contributed by atoms with Gasteiger partial charge in [0, 0.05) is 25.2 Å². The van der Waals surface area contributed by atoms with Crippen LogP contribution in [-0.2, 0) is 0 Å². The van der Waals surface area contributed by atoms with Crippen LogP contribution in [0.15, 0.2) is 41.3 Å². The summed E-state index contributed by atoms with van der Waals surface area (Å²) in [6, 6.07) is 5.19. The van der Waals surface area contributed by atoms with Crippen LogP contribution in [0.25, 0.3) is 0 Å². The number of likely N-dealkylation sites (tertiary alicyclic amines) is 1. The van der Waals surface area contributed by atoms with Gasteiger partial charge in [-0.25, -0.2) is 0 Å². The topological polar surface area (TPSA) is 68.5 Å². The lowest BCUT2D eigenvalue weighted by Gasteiger charge is -2.15. The van der Waals surface area contributed by atoms with Crippen molar-refractivity contribution < 1.29 is 13.9 Å². The SMILES string of the molecule is O=C(c1ccoc1)N1CC[C@@H](Oc2cccnn2)C1. The maximum Gasteiger partial charge on any atom is 0.257 e. The third-order valence-electron chi connectivity index (χ3n) is 3.04. The quantitative estimate of drug-likeness (QED) is 0.832. The molecule has 0 unspecified atom stereocenters. The molecule has 3 heterocycles. The number of ether oxygens (including phenoxy) is 1. The summed E-state index contributed by atoms with van der Waals surface area (Å²) in [5.41, 5.74) is 0.570. The fraction of sp³-hybridized carbons (Fsp3) is 0.308. The molecule has 0 spiro atoms. The number of hydrogen-bond acceptors (Lipinski definition) is 5. The number of carbonyl (C=O) groups is 1. The number of amides is 1. The molecule has 1 fully saturated rings. The van der Waals surface area contributed by atoms with Crippen LogP contribution in [-0.4, -0.2) is 40.2 Å². The van der Waals surface area contributed by atoms with Gasteiger partial charge in [-0.05, 0) is 12.1 Å². The van der Waals surface area contributed by atoms with E-state index < -0.39 is 0 Å². The zero-order valence-corrected chi connectivity index (χ0v) is 10.2. The third-order valence-corrected chi connectivity index (χ3v) is 3.04. The third kappa shape index (κ3) is 2.57. The summed E-state index contributed by atoms with van der Waals surface area (Å²) < 4.78 is 10.6. The minimum absolute atomic E-state index is 0.0287. The van der Waals surface area contributed by atoms with Crippen LogP contribution in [0.2, 0.25) is 0 Å². The van der Waals surface area contributed by atoms with Crippen molar-refractivity contribution in [3.63, 3.8) is 0 Å². The molecular formula is C13H13N3O3. The van der Waals surface area contributed by atoms with Crippen molar-refractivity contribution in [2.45, 2.75) is 12.5 Å². The Morgan fingerprint density at radius 1 is 1.47 bits per heavy atom. The van der Waals surface area contributed by atoms with Gasteiger partial charge in [-0.1, -0.05) is 0 Å². The van der Waals surface area contributed by atoms with E-state index in [4.69, 9.17) is 9.15 Å². The molecule has 1 atom stereocenters. The molecule has 2 aromatic rings. The van der Waals surface area contributed by atoms with Crippen molar-refractivity contribution in [3.8, 4) is 5.88 Å². The van der Waals surface area contributed by atoms with Crippen molar-refractivity contribution in [3.05, 3.63) is 42.5 Å². The monoisotopic (exact) mass is 259 g/mol. The summed E-state index contributed by atoms with van der Waals surface area (Å²) >= 11 is 0. The highest BCUT2D eigenvalue weighted by Crippen LogP contribution is 2.18. The predicted molar refractivity (Wildman–Crippen MR) is 65.7 cm³/mol. The van der Waals surface area contributed by atoms with Crippen molar-refractivity contribution >= 4 is 5.91 Å². The minimum Gasteiger partial charge on any atom is -0.472 e. The second-order valence-corrected chi connectivity index (χ2v) is 4.35. The molecule has 19 heavy (non-hydrogen) atoms. The highest BCUT2D eigenvalue weighted by Gasteiger charge is 2.28. The van der Waals surface area contributed by atoms with E-state index in [0.717, 1.165) is 6.42 Å². The van der Waals surface area contributed by atoms with E-state index in [2.05, 4.69) is 10.2 Å². The van der Waals surface area contributed by atoms with Crippen LogP contribution in [0.3, 0.4) is 0 Å². The molecule has 6 nitrogen and oxygen atoms in total. The van der Waals surface area contributed by atoms with E-state index in [0.29, 0.717) is 24.5 Å². The van der Waals surface area contributed by atoms with Gasteiger partial charge in [0.25, 0.3) is 5.91 Å². The molecule has 98 valence electrons. The number of hydrogen-bond donors (Lipinski definition) is 0. The number of rotatable bonds is 3. The van der Waals surface area contributed by atoms with Gasteiger partial charge >= 0.3 is 0 Å². The summed E-state index contributed by atoms with van der Waals surface area (Å²) in [5, 5.41) is 7.62. The molecule has 0 bridgehead atoms. The zero-order chi connectivity index (χ0) is 13.1. The number of aromatic nitrogens is 2. The molecular weight excluding hydrogens is 246 g/mol. The zero-order valence-electron chi connectivity index (χ0n) is 10.2. The molecule has 1 aliphatic heterocycles. The molecule has 6 heteroatoms. The highest BCUT2D eigenvalue weighted by molar-refractivity contribution is 5.94. The number of furan rings is 1. The first-order chi connectivity index (χ1) is 9.33. The van der Waals surface area contributed by atoms with E-state index in [1.54, 1.807) is 29.3 Å². The Balaban J connectivity index is 1.60. The molecule has 1 saturated heterocycles. The maximum atomic E-state index is 12.1. The van der Waals surface area contributed by atoms with Crippen LogP contribution < -0.4 is 4.74 Å². The van der Waals surface area contributed by atoms with E-state index in [9.17, 15) is 4.79 Å². The Kier molecular flexibility index (Phi) is 3.14. The van der Waals surface area contributed by atoms with Crippen LogP contribution in [0.1, 0.15) is 16.8 Å². The van der Waals surface area contributed by atoms with Gasteiger partial charge in [0.2, 0.25) is 5.88 Å². The molecule has 0 saturated carbocycles. The highest BCUT2D eigenvalue weighted by atomic mass is 16.5. The maximum absolute atomic E-state index is 12.1. The average molecular weight is 259 g/mol. The molecule has 0 aliphatic carbocycles. The molecule has 0 radical (unpaired) electrons. The van der Waals surface area contributed by atoms with Gasteiger partial charge in [-0.2, -0.15) is 5.10 Å². The molecule has 1 amide bonds. The van der Waals surface area contributed by atoms with Crippen LogP contribution in [0.5, 0.6) is 5.88 Å². The Morgan fingerprint density at radius 2 is 2.42 bits per heavy atom. The summed E-state index contributed by atoms with van der Waals surface area (Å²) in [4.78, 5) is 13.8. The second kappa shape index (κ2) is 5.09. The fourth-order valence-corrected chi connectivity index (χ4v) is 2.10.